The van der Waals surface area contributed by atoms with Crippen LogP contribution in [0, 0.1) is 29.6 Å². The lowest BCUT2D eigenvalue weighted by Crippen LogP contribution is -2.10. The molecule has 1 aromatic carbocycles. The van der Waals surface area contributed by atoms with Crippen LogP contribution in [0.1, 0.15) is 17.5 Å². The van der Waals surface area contributed by atoms with Crippen molar-refractivity contribution in [1.29, 1.82) is 10.5 Å². The molecule has 0 radical (unpaired) electrons. The Morgan fingerprint density at radius 1 is 1.40 bits per heavy atom. The first-order chi connectivity index (χ1) is 7.15. The molecule has 1 aromatic rings. The molecule has 0 unspecified atom stereocenters. The van der Waals surface area contributed by atoms with Gasteiger partial charge in [-0.15, -0.1) is 0 Å². The van der Waals surface area contributed by atoms with Crippen molar-refractivity contribution in [3.63, 3.8) is 0 Å². The highest BCUT2D eigenvalue weighted by Gasteiger charge is 2.02. The van der Waals surface area contributed by atoms with Gasteiger partial charge in [-0.25, -0.2) is 0 Å². The number of nitrogens with zero attached hydrogens (tertiary/aromatic N) is 2. The predicted molar refractivity (Wildman–Crippen MR) is 54.8 cm³/mol. The highest BCUT2D eigenvalue weighted by Crippen LogP contribution is 2.13. The molecule has 0 saturated heterocycles. The third kappa shape index (κ3) is 3.13. The van der Waals surface area contributed by atoms with Crippen molar-refractivity contribution in [3.8, 4) is 12.1 Å². The molecule has 0 heterocycles. The van der Waals surface area contributed by atoms with Gasteiger partial charge in [0.15, 0.2) is 0 Å². The fourth-order valence-electron chi connectivity index (χ4n) is 1.20. The van der Waals surface area contributed by atoms with Crippen molar-refractivity contribution in [2.75, 3.05) is 5.32 Å². The van der Waals surface area contributed by atoms with Crippen molar-refractivity contribution in [2.45, 2.75) is 13.3 Å². The van der Waals surface area contributed by atoms with Crippen LogP contribution in [-0.4, -0.2) is 5.91 Å². The Morgan fingerprint density at radius 3 is 2.73 bits per heavy atom. The molecule has 1 amide bonds. The van der Waals surface area contributed by atoms with E-state index in [1.165, 1.54) is 0 Å². The van der Waals surface area contributed by atoms with Crippen LogP contribution in [0.2, 0.25) is 0 Å². The summed E-state index contributed by atoms with van der Waals surface area (Å²) in [5.41, 5.74) is 1.93. The first kappa shape index (κ1) is 10.7. The second kappa shape index (κ2) is 4.78. The number of nitriles is 2. The summed E-state index contributed by atoms with van der Waals surface area (Å²) in [6.45, 7) is 1.83. The minimum Gasteiger partial charge on any atom is -0.325 e. The van der Waals surface area contributed by atoms with Crippen molar-refractivity contribution >= 4 is 11.6 Å². The van der Waals surface area contributed by atoms with Crippen LogP contribution in [0.3, 0.4) is 0 Å². The van der Waals surface area contributed by atoms with Crippen molar-refractivity contribution in [1.82, 2.24) is 0 Å². The van der Waals surface area contributed by atoms with Gasteiger partial charge < -0.3 is 5.32 Å². The molecule has 0 bridgehead atoms. The summed E-state index contributed by atoms with van der Waals surface area (Å²) in [5.74, 6) is -0.369. The molecule has 0 spiro atoms. The van der Waals surface area contributed by atoms with E-state index >= 15 is 0 Å². The molecule has 1 N–H and O–H groups in total. The van der Waals surface area contributed by atoms with Crippen LogP contribution in [-0.2, 0) is 4.79 Å². The van der Waals surface area contributed by atoms with Gasteiger partial charge in [0.1, 0.15) is 6.42 Å². The summed E-state index contributed by atoms with van der Waals surface area (Å²) in [5, 5.41) is 19.6. The molecule has 15 heavy (non-hydrogen) atoms. The minimum atomic E-state index is -0.369. The van der Waals surface area contributed by atoms with Gasteiger partial charge in [-0.3, -0.25) is 4.79 Å². The number of anilines is 1. The number of nitrogens with one attached hydrogen (secondary N) is 1. The number of hydrogen-bond acceptors (Lipinski definition) is 3. The first-order valence-electron chi connectivity index (χ1n) is 4.34. The monoisotopic (exact) mass is 199 g/mol. The molecule has 0 aliphatic heterocycles. The SMILES string of the molecule is Cc1cc(C#N)cc(NC(=O)CC#N)c1. The summed E-state index contributed by atoms with van der Waals surface area (Å²) in [6.07, 6.45) is -0.185. The largest absolute Gasteiger partial charge is 0.325 e. The topological polar surface area (TPSA) is 76.7 Å². The van der Waals surface area contributed by atoms with Crippen LogP contribution in [0.25, 0.3) is 0 Å². The number of amides is 1. The normalized spacial score (nSPS) is 8.73. The second-order valence-electron chi connectivity index (χ2n) is 3.08. The summed E-state index contributed by atoms with van der Waals surface area (Å²) in [7, 11) is 0. The van der Waals surface area contributed by atoms with E-state index in [0.29, 0.717) is 11.3 Å². The van der Waals surface area contributed by atoms with Gasteiger partial charge in [0, 0.05) is 5.69 Å². The molecular formula is C11H9N3O. The van der Waals surface area contributed by atoms with E-state index < -0.39 is 0 Å². The summed E-state index contributed by atoms with van der Waals surface area (Å²) in [6, 6.07) is 8.79. The van der Waals surface area contributed by atoms with Crippen LogP contribution in [0.15, 0.2) is 18.2 Å². The van der Waals surface area contributed by atoms with E-state index in [1.807, 2.05) is 13.0 Å². The molecular weight excluding hydrogens is 190 g/mol. The third-order valence-electron chi connectivity index (χ3n) is 1.73. The van der Waals surface area contributed by atoms with E-state index in [0.717, 1.165) is 5.56 Å². The van der Waals surface area contributed by atoms with E-state index in [1.54, 1.807) is 24.3 Å². The van der Waals surface area contributed by atoms with Crippen molar-refractivity contribution in [2.24, 2.45) is 0 Å². The zero-order valence-electron chi connectivity index (χ0n) is 8.24. The van der Waals surface area contributed by atoms with Crippen LogP contribution in [0.4, 0.5) is 5.69 Å². The Morgan fingerprint density at radius 2 is 2.13 bits per heavy atom. The molecule has 74 valence electrons. The summed E-state index contributed by atoms with van der Waals surface area (Å²) < 4.78 is 0. The Labute approximate surface area is 87.8 Å². The van der Waals surface area contributed by atoms with Crippen LogP contribution >= 0.6 is 0 Å². The number of carbonyl (C=O) groups excluding carboxylic acids is 1. The van der Waals surface area contributed by atoms with Gasteiger partial charge in [-0.2, -0.15) is 10.5 Å². The standard InChI is InChI=1S/C11H9N3O/c1-8-4-9(7-13)6-10(5-8)14-11(15)2-3-12/h4-6H,2H2,1H3,(H,14,15). The van der Waals surface area contributed by atoms with E-state index in [9.17, 15) is 4.79 Å². The zero-order valence-corrected chi connectivity index (χ0v) is 8.24. The van der Waals surface area contributed by atoms with Crippen LogP contribution < -0.4 is 5.32 Å². The predicted octanol–water partition coefficient (Wildman–Crippen LogP) is 1.72. The Hall–Kier alpha value is -2.33. The quantitative estimate of drug-likeness (QED) is 0.787. The molecule has 0 atom stereocenters. The Bertz CT molecular complexity index is 466. The van der Waals surface area contributed by atoms with E-state index in [2.05, 4.69) is 5.32 Å². The summed E-state index contributed by atoms with van der Waals surface area (Å²) >= 11 is 0. The average molecular weight is 199 g/mol. The number of aryl methyl sites for hydroxylation is 1. The van der Waals surface area contributed by atoms with Gasteiger partial charge in [-0.1, -0.05) is 0 Å². The van der Waals surface area contributed by atoms with E-state index in [-0.39, 0.29) is 12.3 Å². The molecule has 0 fully saturated rings. The lowest BCUT2D eigenvalue weighted by Gasteiger charge is -2.04. The fraction of sp³-hybridized carbons (Fsp3) is 0.182. The van der Waals surface area contributed by atoms with Crippen molar-refractivity contribution < 1.29 is 4.79 Å². The number of benzene rings is 1. The molecule has 0 aliphatic rings. The number of carbonyl (C=O) groups is 1. The third-order valence-corrected chi connectivity index (χ3v) is 1.73. The number of hydrogen-bond donors (Lipinski definition) is 1. The molecule has 0 aromatic heterocycles. The minimum absolute atomic E-state index is 0.185. The number of rotatable bonds is 2. The lowest BCUT2D eigenvalue weighted by molar-refractivity contribution is -0.115. The fourth-order valence-corrected chi connectivity index (χ4v) is 1.20. The maximum Gasteiger partial charge on any atom is 0.238 e. The van der Waals surface area contributed by atoms with Gasteiger partial charge in [0.25, 0.3) is 0 Å². The average Bonchev–Trinajstić information content (AvgIpc) is 2.17. The summed E-state index contributed by atoms with van der Waals surface area (Å²) in [4.78, 5) is 11.1. The van der Waals surface area contributed by atoms with Gasteiger partial charge in [-0.05, 0) is 30.7 Å². The Kier molecular flexibility index (Phi) is 3.43. The first-order valence-corrected chi connectivity index (χ1v) is 4.34. The highest BCUT2D eigenvalue weighted by atomic mass is 16.1. The maximum atomic E-state index is 11.1. The zero-order chi connectivity index (χ0) is 11.3. The maximum absolute atomic E-state index is 11.1. The molecule has 1 rings (SSSR count). The molecule has 0 saturated carbocycles. The van der Waals surface area contributed by atoms with Gasteiger partial charge in [0.05, 0.1) is 17.7 Å². The molecule has 4 heteroatoms. The highest BCUT2D eigenvalue weighted by molar-refractivity contribution is 5.92. The second-order valence-corrected chi connectivity index (χ2v) is 3.08. The lowest BCUT2D eigenvalue weighted by atomic mass is 10.1. The Balaban J connectivity index is 2.88. The van der Waals surface area contributed by atoms with Gasteiger partial charge >= 0.3 is 0 Å². The molecule has 0 aliphatic carbocycles. The van der Waals surface area contributed by atoms with E-state index in [4.69, 9.17) is 10.5 Å². The molecule has 4 nitrogen and oxygen atoms in total. The smallest absolute Gasteiger partial charge is 0.238 e. The van der Waals surface area contributed by atoms with Crippen LogP contribution in [0.5, 0.6) is 0 Å². The van der Waals surface area contributed by atoms with Gasteiger partial charge in [0.2, 0.25) is 5.91 Å². The van der Waals surface area contributed by atoms with Crippen molar-refractivity contribution in [3.05, 3.63) is 29.3 Å².